The van der Waals surface area contributed by atoms with E-state index in [2.05, 4.69) is 4.98 Å². The van der Waals surface area contributed by atoms with Gasteiger partial charge in [0.1, 0.15) is 0 Å². The molecule has 0 fully saturated rings. The number of hydrogen-bond donors (Lipinski definition) is 0. The molecule has 134 valence electrons. The van der Waals surface area contributed by atoms with Crippen LogP contribution in [-0.4, -0.2) is 33.2 Å². The van der Waals surface area contributed by atoms with Crippen molar-refractivity contribution in [2.24, 2.45) is 0 Å². The zero-order chi connectivity index (χ0) is 18.7. The van der Waals surface area contributed by atoms with E-state index in [1.807, 2.05) is 98.7 Å². The van der Waals surface area contributed by atoms with Crippen LogP contribution in [0.5, 0.6) is 0 Å². The fourth-order valence-electron chi connectivity index (χ4n) is 2.91. The summed E-state index contributed by atoms with van der Waals surface area (Å²) in [5.41, 5.74) is 2.16. The van der Waals surface area contributed by atoms with Gasteiger partial charge in [0, 0.05) is 67.9 Å². The summed E-state index contributed by atoms with van der Waals surface area (Å²) in [4.78, 5) is 8.27. The second-order valence-electron chi connectivity index (χ2n) is 6.64. The first-order valence-corrected chi connectivity index (χ1v) is 10.2. The lowest BCUT2D eigenvalue weighted by Crippen LogP contribution is -2.25. The first-order valence-electron chi connectivity index (χ1n) is 8.49. The van der Waals surface area contributed by atoms with Crippen LogP contribution < -0.4 is 25.7 Å². The van der Waals surface area contributed by atoms with Crippen LogP contribution >= 0.6 is 7.14 Å². The van der Waals surface area contributed by atoms with Crippen LogP contribution in [0.3, 0.4) is 0 Å². The van der Waals surface area contributed by atoms with E-state index < -0.39 is 7.14 Å². The second-order valence-corrected chi connectivity index (χ2v) is 9.41. The Bertz CT molecular complexity index is 849. The second kappa shape index (κ2) is 7.35. The van der Waals surface area contributed by atoms with Gasteiger partial charge >= 0.3 is 0 Å². The Hall–Kier alpha value is -2.58. The third-order valence-electron chi connectivity index (χ3n) is 4.47. The quantitative estimate of drug-likeness (QED) is 0.652. The molecular formula is C21H24N3OP. The minimum atomic E-state index is -2.98. The summed E-state index contributed by atoms with van der Waals surface area (Å²) < 4.78 is 14.3. The highest BCUT2D eigenvalue weighted by Crippen LogP contribution is 2.42. The van der Waals surface area contributed by atoms with Crippen molar-refractivity contribution in [1.29, 1.82) is 0 Å². The highest BCUT2D eigenvalue weighted by molar-refractivity contribution is 7.85. The first-order chi connectivity index (χ1) is 12.4. The standard InChI is InChI=1S/C21H24N3OP/c1-23(2)17-7-11-19(12-8-17)26(25,21-6-5-15-22-16-21)20-13-9-18(10-14-20)24(3)4/h5-16H,1-4H3. The minimum Gasteiger partial charge on any atom is -0.378 e. The molecule has 3 aromatic rings. The average molecular weight is 365 g/mol. The number of anilines is 2. The van der Waals surface area contributed by atoms with Crippen molar-refractivity contribution in [2.75, 3.05) is 38.0 Å². The highest BCUT2D eigenvalue weighted by Gasteiger charge is 2.30. The number of pyridine rings is 1. The third kappa shape index (κ3) is 3.38. The Balaban J connectivity index is 2.16. The molecule has 1 aromatic heterocycles. The van der Waals surface area contributed by atoms with Gasteiger partial charge in [-0.25, -0.2) is 0 Å². The summed E-state index contributed by atoms with van der Waals surface area (Å²) in [6, 6.07) is 19.6. The number of benzene rings is 2. The van der Waals surface area contributed by atoms with E-state index in [-0.39, 0.29) is 0 Å². The monoisotopic (exact) mass is 365 g/mol. The van der Waals surface area contributed by atoms with E-state index in [0.717, 1.165) is 27.3 Å². The van der Waals surface area contributed by atoms with Crippen LogP contribution in [0.1, 0.15) is 0 Å². The number of nitrogens with zero attached hydrogens (tertiary/aromatic N) is 3. The molecule has 0 unspecified atom stereocenters. The predicted octanol–water partition coefficient (Wildman–Crippen LogP) is 2.85. The Morgan fingerprint density at radius 1 is 0.692 bits per heavy atom. The molecule has 5 heteroatoms. The molecule has 0 saturated carbocycles. The lowest BCUT2D eigenvalue weighted by atomic mass is 10.3. The Kier molecular flexibility index (Phi) is 5.15. The topological polar surface area (TPSA) is 36.4 Å². The van der Waals surface area contributed by atoms with Crippen molar-refractivity contribution >= 4 is 34.4 Å². The van der Waals surface area contributed by atoms with Gasteiger partial charge in [-0.2, -0.15) is 0 Å². The number of aromatic nitrogens is 1. The van der Waals surface area contributed by atoms with Crippen molar-refractivity contribution in [3.05, 3.63) is 73.1 Å². The lowest BCUT2D eigenvalue weighted by Gasteiger charge is -2.22. The van der Waals surface area contributed by atoms with Crippen molar-refractivity contribution in [3.63, 3.8) is 0 Å². The maximum Gasteiger partial charge on any atom is 0.172 e. The Morgan fingerprint density at radius 3 is 1.50 bits per heavy atom. The maximum absolute atomic E-state index is 14.3. The van der Waals surface area contributed by atoms with Gasteiger partial charge in [-0.3, -0.25) is 4.98 Å². The van der Waals surface area contributed by atoms with E-state index in [4.69, 9.17) is 0 Å². The van der Waals surface area contributed by atoms with Crippen LogP contribution in [0, 0.1) is 0 Å². The predicted molar refractivity (Wildman–Crippen MR) is 112 cm³/mol. The van der Waals surface area contributed by atoms with Crippen LogP contribution in [0.4, 0.5) is 11.4 Å². The van der Waals surface area contributed by atoms with Crippen LogP contribution in [0.2, 0.25) is 0 Å². The van der Waals surface area contributed by atoms with Gasteiger partial charge in [0.25, 0.3) is 0 Å². The molecule has 0 atom stereocenters. The summed E-state index contributed by atoms with van der Waals surface area (Å²) in [5.74, 6) is 0. The summed E-state index contributed by atoms with van der Waals surface area (Å²) in [5, 5.41) is 2.37. The van der Waals surface area contributed by atoms with E-state index in [0.29, 0.717) is 0 Å². The van der Waals surface area contributed by atoms with Gasteiger partial charge in [-0.1, -0.05) is 0 Å². The summed E-state index contributed by atoms with van der Waals surface area (Å²) >= 11 is 0. The van der Waals surface area contributed by atoms with Gasteiger partial charge < -0.3 is 14.4 Å². The molecule has 0 radical (unpaired) electrons. The molecule has 4 nitrogen and oxygen atoms in total. The Morgan fingerprint density at radius 2 is 1.15 bits per heavy atom. The summed E-state index contributed by atoms with van der Waals surface area (Å²) in [6.45, 7) is 0. The van der Waals surface area contributed by atoms with Gasteiger partial charge in [0.15, 0.2) is 7.14 Å². The molecule has 26 heavy (non-hydrogen) atoms. The molecule has 0 aliphatic rings. The van der Waals surface area contributed by atoms with Gasteiger partial charge in [0.05, 0.1) is 0 Å². The van der Waals surface area contributed by atoms with Crippen LogP contribution in [-0.2, 0) is 4.57 Å². The van der Waals surface area contributed by atoms with Crippen LogP contribution in [0.25, 0.3) is 0 Å². The zero-order valence-corrected chi connectivity index (χ0v) is 16.5. The molecule has 3 rings (SSSR count). The zero-order valence-electron chi connectivity index (χ0n) is 15.6. The molecule has 0 spiro atoms. The molecule has 1 heterocycles. The molecule has 0 N–H and O–H groups in total. The highest BCUT2D eigenvalue weighted by atomic mass is 31.2. The average Bonchev–Trinajstić information content (AvgIpc) is 2.68. The van der Waals surface area contributed by atoms with Gasteiger partial charge in [-0.05, 0) is 60.7 Å². The molecular weight excluding hydrogens is 341 g/mol. The number of hydrogen-bond acceptors (Lipinski definition) is 4. The minimum absolute atomic E-state index is 0.746. The molecule has 2 aromatic carbocycles. The van der Waals surface area contributed by atoms with E-state index in [9.17, 15) is 4.57 Å². The van der Waals surface area contributed by atoms with Crippen molar-refractivity contribution in [2.45, 2.75) is 0 Å². The SMILES string of the molecule is CN(C)c1ccc(P(=O)(c2ccc(N(C)C)cc2)c2cccnc2)cc1. The van der Waals surface area contributed by atoms with Gasteiger partial charge in [0.2, 0.25) is 0 Å². The van der Waals surface area contributed by atoms with E-state index in [1.165, 1.54) is 0 Å². The summed E-state index contributed by atoms with van der Waals surface area (Å²) in [6.07, 6.45) is 3.42. The molecule has 0 amide bonds. The molecule has 0 bridgehead atoms. The fraction of sp³-hybridized carbons (Fsp3) is 0.190. The smallest absolute Gasteiger partial charge is 0.172 e. The van der Waals surface area contributed by atoms with E-state index in [1.54, 1.807) is 12.4 Å². The lowest BCUT2D eigenvalue weighted by molar-refractivity contribution is 0.592. The van der Waals surface area contributed by atoms with E-state index >= 15 is 0 Å². The number of rotatable bonds is 5. The van der Waals surface area contributed by atoms with Crippen LogP contribution in [0.15, 0.2) is 73.1 Å². The molecule has 0 aliphatic heterocycles. The van der Waals surface area contributed by atoms with Crippen molar-refractivity contribution in [3.8, 4) is 0 Å². The normalized spacial score (nSPS) is 11.2. The van der Waals surface area contributed by atoms with Crippen molar-refractivity contribution in [1.82, 2.24) is 4.98 Å². The largest absolute Gasteiger partial charge is 0.378 e. The fourth-order valence-corrected chi connectivity index (χ4v) is 5.47. The molecule has 0 aliphatic carbocycles. The van der Waals surface area contributed by atoms with Crippen molar-refractivity contribution < 1.29 is 4.57 Å². The molecule has 0 saturated heterocycles. The maximum atomic E-state index is 14.3. The Labute approximate surface area is 155 Å². The first kappa shape index (κ1) is 18.2. The third-order valence-corrected chi connectivity index (χ3v) is 7.51. The van der Waals surface area contributed by atoms with Gasteiger partial charge in [-0.15, -0.1) is 0 Å². The summed E-state index contributed by atoms with van der Waals surface area (Å²) in [7, 11) is 5.01.